The lowest BCUT2D eigenvalue weighted by atomic mass is 10.1. The van der Waals surface area contributed by atoms with Crippen molar-refractivity contribution >= 4 is 34.0 Å². The highest BCUT2D eigenvalue weighted by Crippen LogP contribution is 2.49. The fraction of sp³-hybridized carbons (Fsp3) is 0.250. The molecular weight excluding hydrogens is 574 g/mol. The molecular formula is C20H12ClF8N7OS. The maximum absolute atomic E-state index is 13.9. The Morgan fingerprint density at radius 2 is 1.79 bits per heavy atom. The number of hydrogen-bond acceptors (Lipinski definition) is 6. The Labute approximate surface area is 215 Å². The van der Waals surface area contributed by atoms with Gasteiger partial charge in [0, 0.05) is 18.0 Å². The van der Waals surface area contributed by atoms with E-state index < -0.39 is 41.3 Å². The Bertz CT molecular complexity index is 1520. The van der Waals surface area contributed by atoms with E-state index in [0.717, 1.165) is 24.6 Å². The van der Waals surface area contributed by atoms with Crippen LogP contribution < -0.4 is 5.32 Å². The van der Waals surface area contributed by atoms with Crippen LogP contribution in [0.1, 0.15) is 27.3 Å². The number of carbonyl (C=O) groups excluding carboxylic acids is 1. The number of nitrogens with zero attached hydrogens (tertiary/aromatic N) is 6. The first-order chi connectivity index (χ1) is 17.5. The van der Waals surface area contributed by atoms with Crippen molar-refractivity contribution in [1.29, 1.82) is 0 Å². The summed E-state index contributed by atoms with van der Waals surface area (Å²) >= 11 is 7.26. The Morgan fingerprint density at radius 3 is 2.37 bits per heavy atom. The lowest BCUT2D eigenvalue weighted by Gasteiger charge is -2.19. The van der Waals surface area contributed by atoms with E-state index in [1.165, 1.54) is 18.2 Å². The van der Waals surface area contributed by atoms with Crippen LogP contribution in [0.5, 0.6) is 0 Å². The zero-order chi connectivity index (χ0) is 28.2. The number of halogens is 9. The van der Waals surface area contributed by atoms with Gasteiger partial charge in [-0.05, 0) is 19.1 Å². The molecule has 0 aliphatic carbocycles. The molecule has 0 aliphatic rings. The first-order valence-corrected chi connectivity index (χ1v) is 11.3. The van der Waals surface area contributed by atoms with Gasteiger partial charge in [0.15, 0.2) is 16.6 Å². The second kappa shape index (κ2) is 9.30. The molecule has 8 nitrogen and oxygen atoms in total. The lowest BCUT2D eigenvalue weighted by Crippen LogP contribution is -2.36. The molecule has 0 radical (unpaired) electrons. The molecule has 3 heterocycles. The predicted molar refractivity (Wildman–Crippen MR) is 118 cm³/mol. The predicted octanol–water partition coefficient (Wildman–Crippen LogP) is 6.01. The lowest BCUT2D eigenvalue weighted by molar-refractivity contribution is -0.292. The molecule has 18 heteroatoms. The Hall–Kier alpha value is -3.60. The number of aromatic nitrogens is 6. The van der Waals surface area contributed by atoms with Crippen molar-refractivity contribution in [3.8, 4) is 17.1 Å². The largest absolute Gasteiger partial charge is 0.459 e. The van der Waals surface area contributed by atoms with Crippen molar-refractivity contribution in [2.45, 2.75) is 25.2 Å². The van der Waals surface area contributed by atoms with Crippen LogP contribution in [0.4, 0.5) is 40.3 Å². The number of thiazole rings is 1. The number of nitrogens with one attached hydrogen (secondary N) is 1. The van der Waals surface area contributed by atoms with Crippen LogP contribution in [0.2, 0.25) is 5.02 Å². The maximum Gasteiger partial charge on any atom is 0.459 e. The van der Waals surface area contributed by atoms with Gasteiger partial charge in [-0.15, -0.1) is 16.4 Å². The molecule has 1 N–H and O–H groups in total. The Balaban J connectivity index is 1.76. The van der Waals surface area contributed by atoms with E-state index in [1.54, 1.807) is 12.3 Å². The van der Waals surface area contributed by atoms with E-state index in [2.05, 4.69) is 25.7 Å². The van der Waals surface area contributed by atoms with E-state index >= 15 is 0 Å². The molecule has 0 fully saturated rings. The smallest absolute Gasteiger partial charge is 0.298 e. The van der Waals surface area contributed by atoms with Gasteiger partial charge in [-0.3, -0.25) is 10.1 Å². The zero-order valence-corrected chi connectivity index (χ0v) is 20.4. The monoisotopic (exact) mass is 585 g/mol. The summed E-state index contributed by atoms with van der Waals surface area (Å²) < 4.78 is 108. The molecule has 0 aliphatic heterocycles. The van der Waals surface area contributed by atoms with Crippen LogP contribution in [0, 0.1) is 6.92 Å². The fourth-order valence-electron chi connectivity index (χ4n) is 3.33. The SMILES string of the molecule is Cc1csc(NC(=O)c2cc(-c3cn(-c4c(C(F)(F)F)c(C(F)(F)C(F)(F)F)nn4C)nn3)ccc2Cl)n1. The van der Waals surface area contributed by atoms with Crippen LogP contribution >= 0.6 is 22.9 Å². The Morgan fingerprint density at radius 1 is 1.11 bits per heavy atom. The van der Waals surface area contributed by atoms with E-state index in [4.69, 9.17) is 11.6 Å². The summed E-state index contributed by atoms with van der Waals surface area (Å²) in [7, 11) is 0.743. The third-order valence-corrected chi connectivity index (χ3v) is 6.22. The summed E-state index contributed by atoms with van der Waals surface area (Å²) in [4.78, 5) is 16.8. The summed E-state index contributed by atoms with van der Waals surface area (Å²) in [5.41, 5.74) is -4.30. The first kappa shape index (κ1) is 27.4. The third-order valence-electron chi connectivity index (χ3n) is 5.01. The molecule has 1 amide bonds. The number of aryl methyl sites for hydroxylation is 2. The molecule has 38 heavy (non-hydrogen) atoms. The number of anilines is 1. The van der Waals surface area contributed by atoms with Crippen LogP contribution in [-0.4, -0.2) is 41.8 Å². The quantitative estimate of drug-likeness (QED) is 0.290. The molecule has 0 saturated heterocycles. The number of carbonyl (C=O) groups is 1. The molecule has 0 atom stereocenters. The van der Waals surface area contributed by atoms with Gasteiger partial charge < -0.3 is 0 Å². The van der Waals surface area contributed by atoms with Crippen LogP contribution in [-0.2, 0) is 19.1 Å². The van der Waals surface area contributed by atoms with Crippen LogP contribution in [0.3, 0.4) is 0 Å². The summed E-state index contributed by atoms with van der Waals surface area (Å²) in [5, 5.41) is 14.5. The minimum Gasteiger partial charge on any atom is -0.298 e. The molecule has 0 saturated carbocycles. The van der Waals surface area contributed by atoms with Crippen LogP contribution in [0.15, 0.2) is 29.8 Å². The van der Waals surface area contributed by atoms with Gasteiger partial charge in [-0.1, -0.05) is 22.9 Å². The molecule has 4 aromatic rings. The van der Waals surface area contributed by atoms with Crippen molar-refractivity contribution in [2.75, 3.05) is 5.32 Å². The second-order valence-electron chi connectivity index (χ2n) is 7.73. The van der Waals surface area contributed by atoms with Gasteiger partial charge in [0.25, 0.3) is 5.91 Å². The number of hydrogen-bond donors (Lipinski definition) is 1. The van der Waals surface area contributed by atoms with E-state index in [1.807, 2.05) is 0 Å². The molecule has 0 spiro atoms. The summed E-state index contributed by atoms with van der Waals surface area (Å²) in [5.74, 6) is -7.81. The standard InChI is InChI=1S/C20H12ClF8N7OS/c1-8-7-38-17(30-8)31-15(37)10-5-9(3-4-11(10)21)12-6-36(34-32-12)16-13(19(24,25)26)14(33-35(16)2)18(22,23)20(27,28)29/h3-7H,1-2H3,(H,30,31,37). The summed E-state index contributed by atoms with van der Waals surface area (Å²) in [6.07, 6.45) is -11.2. The number of amides is 1. The number of rotatable bonds is 5. The van der Waals surface area contributed by atoms with E-state index in [0.29, 0.717) is 10.4 Å². The second-order valence-corrected chi connectivity index (χ2v) is 9.00. The first-order valence-electron chi connectivity index (χ1n) is 10.1. The zero-order valence-electron chi connectivity index (χ0n) is 18.8. The normalized spacial score (nSPS) is 12.7. The maximum atomic E-state index is 13.9. The number of alkyl halides is 8. The molecule has 0 bridgehead atoms. The highest BCUT2D eigenvalue weighted by molar-refractivity contribution is 7.13. The minimum absolute atomic E-state index is 0.0111. The van der Waals surface area contributed by atoms with Crippen molar-refractivity contribution in [3.05, 3.63) is 57.3 Å². The summed E-state index contributed by atoms with van der Waals surface area (Å²) in [6.45, 7) is 1.71. The topological polar surface area (TPSA) is 90.5 Å². The van der Waals surface area contributed by atoms with Gasteiger partial charge in [-0.25, -0.2) is 14.3 Å². The fourth-order valence-corrected chi connectivity index (χ4v) is 4.21. The molecule has 3 aromatic heterocycles. The summed E-state index contributed by atoms with van der Waals surface area (Å²) in [6, 6.07) is 3.88. The average molecular weight is 586 g/mol. The van der Waals surface area contributed by atoms with E-state index in [9.17, 15) is 39.9 Å². The third kappa shape index (κ3) is 4.94. The van der Waals surface area contributed by atoms with Gasteiger partial charge in [-0.2, -0.15) is 40.2 Å². The average Bonchev–Trinajstić information content (AvgIpc) is 3.51. The van der Waals surface area contributed by atoms with Gasteiger partial charge in [0.1, 0.15) is 11.3 Å². The molecule has 4 rings (SSSR count). The highest BCUT2D eigenvalue weighted by atomic mass is 35.5. The van der Waals surface area contributed by atoms with Crippen molar-refractivity contribution in [3.63, 3.8) is 0 Å². The van der Waals surface area contributed by atoms with Gasteiger partial charge in [0.2, 0.25) is 0 Å². The van der Waals surface area contributed by atoms with Crippen LogP contribution in [0.25, 0.3) is 17.1 Å². The number of benzene rings is 1. The minimum atomic E-state index is -6.34. The van der Waals surface area contributed by atoms with Crippen molar-refractivity contribution in [1.82, 2.24) is 29.8 Å². The van der Waals surface area contributed by atoms with Gasteiger partial charge in [0.05, 0.1) is 22.5 Å². The van der Waals surface area contributed by atoms with Crippen molar-refractivity contribution < 1.29 is 39.9 Å². The van der Waals surface area contributed by atoms with E-state index in [-0.39, 0.29) is 31.7 Å². The Kier molecular flexibility index (Phi) is 6.71. The highest BCUT2D eigenvalue weighted by Gasteiger charge is 2.64. The molecule has 1 aromatic carbocycles. The molecule has 202 valence electrons. The van der Waals surface area contributed by atoms with Crippen molar-refractivity contribution in [2.24, 2.45) is 7.05 Å². The molecule has 0 unspecified atom stereocenters. The van der Waals surface area contributed by atoms with Gasteiger partial charge >= 0.3 is 18.3 Å².